The Balaban J connectivity index is 1.73. The van der Waals surface area contributed by atoms with Crippen molar-refractivity contribution in [2.24, 2.45) is 0 Å². The molecule has 1 atom stereocenters. The Morgan fingerprint density at radius 3 is 2.68 bits per heavy atom. The average Bonchev–Trinajstić information content (AvgIpc) is 2.90. The summed E-state index contributed by atoms with van der Waals surface area (Å²) in [6.45, 7) is 0. The van der Waals surface area contributed by atoms with E-state index in [4.69, 9.17) is 23.2 Å². The van der Waals surface area contributed by atoms with Gasteiger partial charge >= 0.3 is 0 Å². The second-order valence-corrected chi connectivity index (χ2v) is 6.58. The predicted molar refractivity (Wildman–Crippen MR) is 97.1 cm³/mol. The van der Waals surface area contributed by atoms with Crippen LogP contribution >= 0.6 is 23.2 Å². The number of halogens is 2. The van der Waals surface area contributed by atoms with Crippen LogP contribution in [0.25, 0.3) is 11.0 Å². The summed E-state index contributed by atoms with van der Waals surface area (Å²) in [4.78, 5) is 29.2. The molecular formula is C17H12Cl2N4O2. The lowest BCUT2D eigenvalue weighted by Crippen LogP contribution is -2.35. The Bertz CT molecular complexity index is 995. The molecule has 1 aliphatic heterocycles. The Morgan fingerprint density at radius 2 is 1.92 bits per heavy atom. The Morgan fingerprint density at radius 1 is 1.20 bits per heavy atom. The minimum Gasteiger partial charge on any atom is -0.324 e. The van der Waals surface area contributed by atoms with Crippen molar-refractivity contribution in [2.75, 3.05) is 10.6 Å². The van der Waals surface area contributed by atoms with Gasteiger partial charge in [0.1, 0.15) is 6.04 Å². The summed E-state index contributed by atoms with van der Waals surface area (Å²) in [5, 5.41) is 6.31. The number of imidazole rings is 1. The lowest BCUT2D eigenvalue weighted by molar-refractivity contribution is -0.124. The number of hydrogen-bond acceptors (Lipinski definition) is 3. The quantitative estimate of drug-likeness (QED) is 0.714. The number of amides is 2. The number of rotatable bonds is 2. The van der Waals surface area contributed by atoms with Crippen LogP contribution in [0.4, 0.5) is 11.6 Å². The Labute approximate surface area is 152 Å². The van der Waals surface area contributed by atoms with Gasteiger partial charge in [-0.2, -0.15) is 0 Å². The van der Waals surface area contributed by atoms with Crippen LogP contribution in [-0.4, -0.2) is 21.4 Å². The van der Waals surface area contributed by atoms with Gasteiger partial charge < -0.3 is 5.32 Å². The zero-order chi connectivity index (χ0) is 17.6. The molecule has 0 unspecified atom stereocenters. The van der Waals surface area contributed by atoms with E-state index in [2.05, 4.69) is 15.6 Å². The van der Waals surface area contributed by atoms with Crippen LogP contribution in [0.5, 0.6) is 0 Å². The zero-order valence-electron chi connectivity index (χ0n) is 12.8. The number of para-hydroxylation sites is 2. The van der Waals surface area contributed by atoms with Crippen molar-refractivity contribution >= 4 is 57.7 Å². The summed E-state index contributed by atoms with van der Waals surface area (Å²) in [6.07, 6.45) is 0.0213. The number of anilines is 2. The maximum absolute atomic E-state index is 12.8. The third-order valence-electron chi connectivity index (χ3n) is 3.97. The molecule has 0 aliphatic carbocycles. The number of nitrogens with one attached hydrogen (secondary N) is 2. The van der Waals surface area contributed by atoms with E-state index in [9.17, 15) is 9.59 Å². The minimum absolute atomic E-state index is 0.0213. The van der Waals surface area contributed by atoms with Gasteiger partial charge in [0.05, 0.1) is 17.5 Å². The van der Waals surface area contributed by atoms with E-state index < -0.39 is 6.04 Å². The van der Waals surface area contributed by atoms with Crippen LogP contribution in [0.1, 0.15) is 12.5 Å². The molecule has 2 N–H and O–H groups in total. The van der Waals surface area contributed by atoms with E-state index in [1.807, 2.05) is 24.3 Å². The van der Waals surface area contributed by atoms with E-state index >= 15 is 0 Å². The van der Waals surface area contributed by atoms with E-state index in [1.165, 1.54) is 0 Å². The van der Waals surface area contributed by atoms with Crippen LogP contribution in [0.2, 0.25) is 10.0 Å². The third kappa shape index (κ3) is 2.94. The maximum Gasteiger partial charge on any atom is 0.248 e. The first kappa shape index (κ1) is 15.9. The summed E-state index contributed by atoms with van der Waals surface area (Å²) >= 11 is 11.9. The first-order valence-electron chi connectivity index (χ1n) is 7.55. The first-order valence-corrected chi connectivity index (χ1v) is 8.30. The molecule has 3 aromatic rings. The molecule has 8 heteroatoms. The number of benzene rings is 2. The number of nitrogens with zero attached hydrogens (tertiary/aromatic N) is 2. The minimum atomic E-state index is -0.714. The third-order valence-corrected chi connectivity index (χ3v) is 4.41. The van der Waals surface area contributed by atoms with Gasteiger partial charge in [0, 0.05) is 15.7 Å². The van der Waals surface area contributed by atoms with E-state index in [0.717, 1.165) is 5.52 Å². The molecule has 1 aliphatic rings. The highest BCUT2D eigenvalue weighted by Crippen LogP contribution is 2.31. The van der Waals surface area contributed by atoms with Crippen molar-refractivity contribution in [3.63, 3.8) is 0 Å². The summed E-state index contributed by atoms with van der Waals surface area (Å²) in [5.41, 5.74) is 1.96. The van der Waals surface area contributed by atoms with Crippen LogP contribution in [-0.2, 0) is 9.59 Å². The monoisotopic (exact) mass is 374 g/mol. The second kappa shape index (κ2) is 6.06. The summed E-state index contributed by atoms with van der Waals surface area (Å²) in [6, 6.07) is 11.5. The Kier molecular flexibility index (Phi) is 3.86. The maximum atomic E-state index is 12.8. The molecule has 6 nitrogen and oxygen atoms in total. The molecule has 0 bridgehead atoms. The summed E-state index contributed by atoms with van der Waals surface area (Å²) in [5.74, 6) is -0.230. The smallest absolute Gasteiger partial charge is 0.248 e. The van der Waals surface area contributed by atoms with Crippen LogP contribution in [0, 0.1) is 0 Å². The lowest BCUT2D eigenvalue weighted by atomic mass is 10.1. The second-order valence-electron chi connectivity index (χ2n) is 5.71. The van der Waals surface area contributed by atoms with E-state index in [0.29, 0.717) is 27.2 Å². The van der Waals surface area contributed by atoms with Crippen molar-refractivity contribution in [2.45, 2.75) is 12.5 Å². The molecule has 2 amide bonds. The average molecular weight is 375 g/mol. The molecule has 0 saturated carbocycles. The normalized spacial score (nSPS) is 16.4. The fourth-order valence-electron chi connectivity index (χ4n) is 2.95. The molecule has 2 heterocycles. The van der Waals surface area contributed by atoms with Crippen LogP contribution in [0.15, 0.2) is 42.5 Å². The summed E-state index contributed by atoms with van der Waals surface area (Å²) < 4.78 is 1.73. The van der Waals surface area contributed by atoms with Crippen molar-refractivity contribution in [3.05, 3.63) is 52.5 Å². The van der Waals surface area contributed by atoms with E-state index in [1.54, 1.807) is 22.8 Å². The van der Waals surface area contributed by atoms with Crippen LogP contribution in [0.3, 0.4) is 0 Å². The van der Waals surface area contributed by atoms with Gasteiger partial charge in [0.2, 0.25) is 17.8 Å². The molecular weight excluding hydrogens is 363 g/mol. The fourth-order valence-corrected chi connectivity index (χ4v) is 3.48. The fraction of sp³-hybridized carbons (Fsp3) is 0.118. The van der Waals surface area contributed by atoms with Crippen molar-refractivity contribution in [1.29, 1.82) is 0 Å². The molecule has 4 rings (SSSR count). The molecule has 1 aromatic heterocycles. The summed E-state index contributed by atoms with van der Waals surface area (Å²) in [7, 11) is 0. The van der Waals surface area contributed by atoms with Gasteiger partial charge in [-0.3, -0.25) is 19.5 Å². The van der Waals surface area contributed by atoms with Crippen molar-refractivity contribution in [3.8, 4) is 0 Å². The Hall–Kier alpha value is -2.57. The molecule has 25 heavy (non-hydrogen) atoms. The molecule has 2 aromatic carbocycles. The predicted octanol–water partition coefficient (Wildman–Crippen LogP) is 3.87. The number of carbonyl (C=O) groups excluding carboxylic acids is 2. The van der Waals surface area contributed by atoms with Gasteiger partial charge in [0.15, 0.2) is 0 Å². The van der Waals surface area contributed by atoms with Crippen molar-refractivity contribution < 1.29 is 9.59 Å². The molecule has 0 spiro atoms. The standard InChI is InChI=1S/C17H12Cl2N4O2/c18-9-5-10(19)7-11(6-9)20-16(25)14-8-15(24)22-17-21-12-3-1-2-4-13(12)23(14)17/h1-7,14H,8H2,(H,20,25)(H,21,22,24)/t14-/m1/s1. The number of fused-ring (bicyclic) bond motifs is 3. The molecule has 126 valence electrons. The highest BCUT2D eigenvalue weighted by Gasteiger charge is 2.32. The largest absolute Gasteiger partial charge is 0.324 e. The number of hydrogen-bond donors (Lipinski definition) is 2. The molecule has 0 radical (unpaired) electrons. The number of aromatic nitrogens is 2. The van der Waals surface area contributed by atoms with Gasteiger partial charge in [0.25, 0.3) is 0 Å². The van der Waals surface area contributed by atoms with Gasteiger partial charge in [-0.25, -0.2) is 4.98 Å². The lowest BCUT2D eigenvalue weighted by Gasteiger charge is -2.25. The van der Waals surface area contributed by atoms with Crippen molar-refractivity contribution in [1.82, 2.24) is 9.55 Å². The molecule has 0 fully saturated rings. The highest BCUT2D eigenvalue weighted by atomic mass is 35.5. The van der Waals surface area contributed by atoms with Gasteiger partial charge in [-0.05, 0) is 30.3 Å². The number of carbonyl (C=O) groups is 2. The highest BCUT2D eigenvalue weighted by molar-refractivity contribution is 6.35. The SMILES string of the molecule is O=C1C[C@H](C(=O)Nc2cc(Cl)cc(Cl)c2)n2c(nc3ccccc32)N1. The van der Waals surface area contributed by atoms with Gasteiger partial charge in [-0.1, -0.05) is 35.3 Å². The first-order chi connectivity index (χ1) is 12.0. The molecule has 0 saturated heterocycles. The van der Waals surface area contributed by atoms with Gasteiger partial charge in [-0.15, -0.1) is 0 Å². The zero-order valence-corrected chi connectivity index (χ0v) is 14.3. The van der Waals surface area contributed by atoms with Crippen LogP contribution < -0.4 is 10.6 Å². The van der Waals surface area contributed by atoms with E-state index in [-0.39, 0.29) is 18.2 Å². The topological polar surface area (TPSA) is 76.0 Å².